The summed E-state index contributed by atoms with van der Waals surface area (Å²) in [6, 6.07) is 2.46. The fourth-order valence-corrected chi connectivity index (χ4v) is 5.37. The van der Waals surface area contributed by atoms with E-state index in [9.17, 15) is 9.59 Å². The highest BCUT2D eigenvalue weighted by Gasteiger charge is 2.46. The molecule has 1 unspecified atom stereocenters. The van der Waals surface area contributed by atoms with Crippen LogP contribution in [0.1, 0.15) is 66.6 Å². The van der Waals surface area contributed by atoms with Gasteiger partial charge in [0.25, 0.3) is 5.91 Å². The zero-order valence-corrected chi connectivity index (χ0v) is 15.9. The van der Waals surface area contributed by atoms with E-state index in [4.69, 9.17) is 10.7 Å². The number of pyridine rings is 1. The molecular formula is C21H28N4O2. The molecule has 3 heterocycles. The predicted octanol–water partition coefficient (Wildman–Crippen LogP) is 2.04. The number of anilines is 1. The van der Waals surface area contributed by atoms with Crippen LogP contribution in [-0.2, 0) is 17.6 Å². The summed E-state index contributed by atoms with van der Waals surface area (Å²) in [7, 11) is 0. The van der Waals surface area contributed by atoms with E-state index in [-0.39, 0.29) is 11.3 Å². The van der Waals surface area contributed by atoms with E-state index in [0.29, 0.717) is 23.9 Å². The fourth-order valence-electron chi connectivity index (χ4n) is 5.37. The summed E-state index contributed by atoms with van der Waals surface area (Å²) in [5.41, 5.74) is 8.73. The molecule has 4 aliphatic rings. The third-order valence-corrected chi connectivity index (χ3v) is 6.94. The highest BCUT2D eigenvalue weighted by molar-refractivity contribution is 5.98. The molecule has 5 rings (SSSR count). The Hall–Kier alpha value is -2.11. The summed E-state index contributed by atoms with van der Waals surface area (Å²) in [4.78, 5) is 33.8. The number of fused-ring (bicyclic) bond motifs is 1. The van der Waals surface area contributed by atoms with Crippen molar-refractivity contribution in [3.63, 3.8) is 0 Å². The van der Waals surface area contributed by atoms with Crippen molar-refractivity contribution in [2.24, 2.45) is 11.1 Å². The van der Waals surface area contributed by atoms with Crippen LogP contribution in [0, 0.1) is 5.41 Å². The monoisotopic (exact) mass is 368 g/mol. The second-order valence-electron chi connectivity index (χ2n) is 8.96. The number of piperidine rings is 2. The molecule has 2 aliphatic carbocycles. The van der Waals surface area contributed by atoms with Crippen LogP contribution in [0.3, 0.4) is 0 Å². The molecule has 1 aromatic rings. The number of aromatic nitrogens is 1. The van der Waals surface area contributed by atoms with Crippen molar-refractivity contribution >= 4 is 17.6 Å². The second kappa shape index (κ2) is 6.21. The van der Waals surface area contributed by atoms with Gasteiger partial charge in [0.15, 0.2) is 0 Å². The van der Waals surface area contributed by atoms with Crippen LogP contribution >= 0.6 is 0 Å². The maximum absolute atomic E-state index is 12.4. The molecule has 2 N–H and O–H groups in total. The van der Waals surface area contributed by atoms with Crippen LogP contribution in [-0.4, -0.2) is 47.4 Å². The number of hydrogen-bond acceptors (Lipinski definition) is 4. The Morgan fingerprint density at radius 3 is 2.78 bits per heavy atom. The maximum atomic E-state index is 12.4. The van der Waals surface area contributed by atoms with E-state index in [1.807, 2.05) is 6.07 Å². The van der Waals surface area contributed by atoms with E-state index in [1.54, 1.807) is 0 Å². The number of carbonyl (C=O) groups excluding carboxylic acids is 2. The molecule has 6 nitrogen and oxygen atoms in total. The lowest BCUT2D eigenvalue weighted by Gasteiger charge is -2.49. The summed E-state index contributed by atoms with van der Waals surface area (Å²) in [6.07, 6.45) is 9.23. The third-order valence-electron chi connectivity index (χ3n) is 6.94. The van der Waals surface area contributed by atoms with Crippen molar-refractivity contribution in [3.05, 3.63) is 22.9 Å². The first-order valence-corrected chi connectivity index (χ1v) is 10.4. The normalized spacial score (nSPS) is 27.9. The van der Waals surface area contributed by atoms with Gasteiger partial charge in [0.2, 0.25) is 5.91 Å². The highest BCUT2D eigenvalue weighted by atomic mass is 16.2. The Morgan fingerprint density at radius 1 is 1.15 bits per heavy atom. The van der Waals surface area contributed by atoms with Crippen LogP contribution < -0.4 is 10.6 Å². The number of likely N-dealkylation sites (tertiary alicyclic amines) is 1. The van der Waals surface area contributed by atoms with Gasteiger partial charge in [-0.15, -0.1) is 0 Å². The van der Waals surface area contributed by atoms with Crippen molar-refractivity contribution in [2.75, 3.05) is 24.5 Å². The van der Waals surface area contributed by atoms with Gasteiger partial charge in [0.1, 0.15) is 5.82 Å². The van der Waals surface area contributed by atoms with Gasteiger partial charge in [-0.3, -0.25) is 9.59 Å². The van der Waals surface area contributed by atoms with Crippen LogP contribution in [0.25, 0.3) is 0 Å². The lowest BCUT2D eigenvalue weighted by Crippen LogP contribution is -2.55. The Morgan fingerprint density at radius 2 is 2.00 bits per heavy atom. The summed E-state index contributed by atoms with van der Waals surface area (Å²) < 4.78 is 0. The van der Waals surface area contributed by atoms with Crippen molar-refractivity contribution in [1.82, 2.24) is 9.88 Å². The number of primary amides is 1. The number of nitrogens with two attached hydrogens (primary N) is 1. The average Bonchev–Trinajstić information content (AvgIpc) is 3.40. The molecule has 144 valence electrons. The molecule has 2 amide bonds. The largest absolute Gasteiger partial charge is 0.365 e. The Balaban J connectivity index is 1.44. The molecule has 2 saturated heterocycles. The highest BCUT2D eigenvalue weighted by Crippen LogP contribution is 2.43. The van der Waals surface area contributed by atoms with E-state index >= 15 is 0 Å². The van der Waals surface area contributed by atoms with E-state index in [2.05, 4.69) is 9.80 Å². The third kappa shape index (κ3) is 2.99. The minimum Gasteiger partial charge on any atom is -0.365 e. The quantitative estimate of drug-likeness (QED) is 0.885. The van der Waals surface area contributed by atoms with Gasteiger partial charge in [-0.1, -0.05) is 0 Å². The first-order valence-electron chi connectivity index (χ1n) is 10.4. The first-order chi connectivity index (χ1) is 13.0. The summed E-state index contributed by atoms with van der Waals surface area (Å²) in [6.45, 7) is 2.64. The van der Waals surface area contributed by atoms with Gasteiger partial charge in [-0.2, -0.15) is 0 Å². The number of carbonyl (C=O) groups is 2. The van der Waals surface area contributed by atoms with Crippen molar-refractivity contribution in [1.29, 1.82) is 0 Å². The summed E-state index contributed by atoms with van der Waals surface area (Å²) in [5.74, 6) is 0.719. The minimum absolute atomic E-state index is 0.129. The van der Waals surface area contributed by atoms with Crippen LogP contribution in [0.15, 0.2) is 6.07 Å². The molecular weight excluding hydrogens is 340 g/mol. The Bertz CT molecular complexity index is 804. The number of rotatable bonds is 3. The topological polar surface area (TPSA) is 79.5 Å². The van der Waals surface area contributed by atoms with Crippen LogP contribution in [0.2, 0.25) is 0 Å². The van der Waals surface area contributed by atoms with Gasteiger partial charge in [0.05, 0.1) is 5.56 Å². The Labute approximate surface area is 160 Å². The smallest absolute Gasteiger partial charge is 0.252 e. The van der Waals surface area contributed by atoms with Crippen LogP contribution in [0.5, 0.6) is 0 Å². The van der Waals surface area contributed by atoms with Gasteiger partial charge in [0, 0.05) is 43.2 Å². The first kappa shape index (κ1) is 17.0. The SMILES string of the molecule is NC(=O)c1cc2c(nc1N1CCCC3(CCC(=O)N(C4CC4)C3)C1)CCC2. The molecule has 1 saturated carbocycles. The zero-order chi connectivity index (χ0) is 18.6. The average molecular weight is 368 g/mol. The molecule has 1 atom stereocenters. The van der Waals surface area contributed by atoms with Crippen molar-refractivity contribution in [3.8, 4) is 0 Å². The second-order valence-corrected chi connectivity index (χ2v) is 8.96. The van der Waals surface area contributed by atoms with Crippen molar-refractivity contribution in [2.45, 2.75) is 63.8 Å². The van der Waals surface area contributed by atoms with Gasteiger partial charge in [-0.05, 0) is 63.0 Å². The van der Waals surface area contributed by atoms with Gasteiger partial charge in [-0.25, -0.2) is 4.98 Å². The molecule has 0 aromatic carbocycles. The van der Waals surface area contributed by atoms with E-state index < -0.39 is 0 Å². The number of aryl methyl sites for hydroxylation is 2. The standard InChI is InChI=1S/C21H28N4O2/c22-19(27)16-11-14-3-1-4-17(14)23-20(16)24-10-2-8-21(12-24)9-7-18(26)25(13-21)15-5-6-15/h11,15H,1-10,12-13H2,(H2,22,27). The van der Waals surface area contributed by atoms with Crippen LogP contribution in [0.4, 0.5) is 5.82 Å². The lowest BCUT2D eigenvalue weighted by molar-refractivity contribution is -0.138. The summed E-state index contributed by atoms with van der Waals surface area (Å²) in [5, 5.41) is 0. The number of hydrogen-bond donors (Lipinski definition) is 1. The molecule has 2 aliphatic heterocycles. The van der Waals surface area contributed by atoms with Gasteiger partial charge < -0.3 is 15.5 Å². The maximum Gasteiger partial charge on any atom is 0.252 e. The molecule has 27 heavy (non-hydrogen) atoms. The van der Waals surface area contributed by atoms with Crippen molar-refractivity contribution < 1.29 is 9.59 Å². The molecule has 0 bridgehead atoms. The number of amides is 2. The molecule has 6 heteroatoms. The number of nitrogens with zero attached hydrogens (tertiary/aromatic N) is 3. The fraction of sp³-hybridized carbons (Fsp3) is 0.667. The molecule has 1 aromatic heterocycles. The molecule has 1 spiro atoms. The predicted molar refractivity (Wildman–Crippen MR) is 103 cm³/mol. The van der Waals surface area contributed by atoms with E-state index in [1.165, 1.54) is 5.56 Å². The summed E-state index contributed by atoms with van der Waals surface area (Å²) >= 11 is 0. The molecule has 3 fully saturated rings. The minimum atomic E-state index is -0.384. The zero-order valence-electron chi connectivity index (χ0n) is 15.9. The molecule has 0 radical (unpaired) electrons. The lowest BCUT2D eigenvalue weighted by atomic mass is 9.73. The Kier molecular flexibility index (Phi) is 3.92. The van der Waals surface area contributed by atoms with Gasteiger partial charge >= 0.3 is 0 Å². The van der Waals surface area contributed by atoms with E-state index in [0.717, 1.165) is 82.5 Å².